The van der Waals surface area contributed by atoms with Gasteiger partial charge in [0.05, 0.1) is 49.5 Å². The van der Waals surface area contributed by atoms with Crippen LogP contribution < -0.4 is 15.1 Å². The van der Waals surface area contributed by atoms with Crippen molar-refractivity contribution in [3.8, 4) is 0 Å². The van der Waals surface area contributed by atoms with E-state index >= 15 is 0 Å². The van der Waals surface area contributed by atoms with E-state index in [9.17, 15) is 33.2 Å². The van der Waals surface area contributed by atoms with Crippen LogP contribution in [0.4, 0.5) is 20.6 Å². The van der Waals surface area contributed by atoms with Crippen LogP contribution in [0.15, 0.2) is 97.1 Å². The monoisotopic (exact) mass is 837 g/mol. The summed E-state index contributed by atoms with van der Waals surface area (Å²) in [5.74, 6) is -2.93. The number of carboxylic acids is 2. The number of anilines is 2. The van der Waals surface area contributed by atoms with Crippen molar-refractivity contribution in [1.29, 1.82) is 0 Å². The Morgan fingerprint density at radius 3 is 2.08 bits per heavy atom. The molecule has 7 rings (SSSR count). The second kappa shape index (κ2) is 21.7. The lowest BCUT2D eigenvalue weighted by Crippen LogP contribution is -2.36. The van der Waals surface area contributed by atoms with E-state index in [1.165, 1.54) is 17.9 Å². The largest absolute Gasteiger partial charge is 0.481 e. The van der Waals surface area contributed by atoms with E-state index in [2.05, 4.69) is 5.32 Å². The van der Waals surface area contributed by atoms with Crippen LogP contribution in [0.5, 0.6) is 0 Å². The smallest absolute Gasteiger partial charge is 0.414 e. The molecule has 3 N–H and O–H groups in total. The number of nitrogens with zero attached hydrogens (tertiary/aromatic N) is 2. The molecule has 4 aromatic rings. The summed E-state index contributed by atoms with van der Waals surface area (Å²) in [5, 5.41) is 20.5. The van der Waals surface area contributed by atoms with Gasteiger partial charge in [-0.2, -0.15) is 0 Å². The molecule has 2 aliphatic heterocycles. The molecule has 14 heteroatoms. The molecule has 0 bridgehead atoms. The van der Waals surface area contributed by atoms with E-state index in [-0.39, 0.29) is 36.5 Å². The molecule has 61 heavy (non-hydrogen) atoms. The number of hydrogen-bond acceptors (Lipinski definition) is 9. The molecule has 1 aliphatic carbocycles. The number of carbonyl (C=O) groups excluding carboxylic acids is 4. The molecule has 1 saturated carbocycles. The zero-order valence-corrected chi connectivity index (χ0v) is 34.6. The minimum atomic E-state index is -0.899. The summed E-state index contributed by atoms with van der Waals surface area (Å²) in [5.41, 5.74) is 4.62. The lowest BCUT2D eigenvalue weighted by atomic mass is 9.94. The molecular weight excluding hydrogens is 786 g/mol. The van der Waals surface area contributed by atoms with Gasteiger partial charge in [0, 0.05) is 43.5 Å². The van der Waals surface area contributed by atoms with Gasteiger partial charge >= 0.3 is 18.0 Å². The van der Waals surface area contributed by atoms with Gasteiger partial charge in [-0.25, -0.2) is 9.18 Å². The Kier molecular flexibility index (Phi) is 16.3. The molecule has 2 saturated heterocycles. The number of Topliss-reactive ketones (excluding diaryl/α,β-unsaturated/α-hetero) is 1. The lowest BCUT2D eigenvalue weighted by molar-refractivity contribution is -0.139. The molecule has 2 amide bonds. The third kappa shape index (κ3) is 12.8. The zero-order chi connectivity index (χ0) is 44.1. The van der Waals surface area contributed by atoms with Gasteiger partial charge in [0.2, 0.25) is 5.91 Å². The van der Waals surface area contributed by atoms with Crippen LogP contribution in [0.3, 0.4) is 0 Å². The second-order valence-corrected chi connectivity index (χ2v) is 15.2. The summed E-state index contributed by atoms with van der Waals surface area (Å²) < 4.78 is 24.9. The highest BCUT2D eigenvalue weighted by atomic mass is 19.1. The molecule has 2 heterocycles. The number of aliphatic carboxylic acids is 2. The van der Waals surface area contributed by atoms with Gasteiger partial charge < -0.3 is 29.9 Å². The van der Waals surface area contributed by atoms with Gasteiger partial charge in [-0.3, -0.25) is 28.9 Å². The summed E-state index contributed by atoms with van der Waals surface area (Å²) in [7, 11) is 0. The van der Waals surface area contributed by atoms with Crippen LogP contribution in [0.2, 0.25) is 0 Å². The highest BCUT2D eigenvalue weighted by molar-refractivity contribution is 6.09. The molecule has 3 fully saturated rings. The molecule has 0 radical (unpaired) electrons. The molecule has 322 valence electrons. The Balaban J connectivity index is 0.000000176. The molecule has 0 aromatic heterocycles. The topological polar surface area (TPSA) is 180 Å². The van der Waals surface area contributed by atoms with Gasteiger partial charge in [-0.15, -0.1) is 0 Å². The minimum absolute atomic E-state index is 0.0972. The van der Waals surface area contributed by atoms with E-state index in [1.54, 1.807) is 74.5 Å². The van der Waals surface area contributed by atoms with Crippen LogP contribution in [0.1, 0.15) is 84.5 Å². The first-order valence-corrected chi connectivity index (χ1v) is 20.3. The normalized spacial score (nSPS) is 18.1. The first kappa shape index (κ1) is 45.7. The van der Waals surface area contributed by atoms with Gasteiger partial charge in [-0.1, -0.05) is 72.8 Å². The number of nitrogens with one attached hydrogen (secondary N) is 1. The summed E-state index contributed by atoms with van der Waals surface area (Å²) in [6.45, 7) is 7.62. The van der Waals surface area contributed by atoms with Crippen molar-refractivity contribution in [3.05, 3.63) is 131 Å². The maximum absolute atomic E-state index is 14.4. The van der Waals surface area contributed by atoms with Gasteiger partial charge in [-0.05, 0) is 74.1 Å². The van der Waals surface area contributed by atoms with Crippen molar-refractivity contribution >= 4 is 46.9 Å². The third-order valence-electron chi connectivity index (χ3n) is 10.9. The predicted molar refractivity (Wildman–Crippen MR) is 227 cm³/mol. The lowest BCUT2D eigenvalue weighted by Gasteiger charge is -2.29. The molecular formula is C47H52FN3O10. The van der Waals surface area contributed by atoms with Gasteiger partial charge in [0.15, 0.2) is 5.78 Å². The Labute approximate surface area is 354 Å². The van der Waals surface area contributed by atoms with E-state index in [1.807, 2.05) is 35.2 Å². The fourth-order valence-corrected chi connectivity index (χ4v) is 7.14. The standard InChI is InChI=1S/C16H20FN3O4.C16H14O3.C15H18O3/c1-11(21)18-9-13-10-20(16(22)24-13)12-2-3-15(14(17)8-12)19-4-6-23-7-5-19;1-11(16(18)19)13-8-5-9-14(10-13)15(17)12-6-3-2-4-7-12;1-10(15(17)18)12-7-5-11(6-8-12)9-13-3-2-4-14(13)16/h2-3,8,13H,4-7,9-10H2,1H3,(H,18,21);2-11H,1H3,(H,18,19);5-8,10,13H,2-4,9H2,1H3,(H,17,18)/t13-;;/m0../s1. The number of cyclic esters (lactones) is 1. The maximum Gasteiger partial charge on any atom is 0.414 e. The first-order valence-electron chi connectivity index (χ1n) is 20.3. The average Bonchev–Trinajstić information content (AvgIpc) is 3.86. The molecule has 3 unspecified atom stereocenters. The van der Waals surface area contributed by atoms with Crippen LogP contribution in [-0.2, 0) is 35.1 Å². The highest BCUT2D eigenvalue weighted by Gasteiger charge is 2.33. The van der Waals surface area contributed by atoms with E-state index < -0.39 is 36.0 Å². The van der Waals surface area contributed by atoms with Crippen molar-refractivity contribution < 1.29 is 52.8 Å². The summed E-state index contributed by atoms with van der Waals surface area (Å²) in [6, 6.07) is 28.0. The highest BCUT2D eigenvalue weighted by Crippen LogP contribution is 2.29. The average molecular weight is 838 g/mol. The van der Waals surface area contributed by atoms with Crippen LogP contribution in [-0.4, -0.2) is 91.2 Å². The fraction of sp³-hybridized carbons (Fsp3) is 0.362. The van der Waals surface area contributed by atoms with E-state index in [0.29, 0.717) is 60.2 Å². The van der Waals surface area contributed by atoms with E-state index in [4.69, 9.17) is 19.7 Å². The predicted octanol–water partition coefficient (Wildman–Crippen LogP) is 7.02. The van der Waals surface area contributed by atoms with Crippen molar-refractivity contribution in [2.45, 2.75) is 64.4 Å². The SMILES string of the molecule is CC(=O)NC[C@H]1CN(c2ccc(N3CCOCC3)c(F)c2)C(=O)O1.CC(C(=O)O)c1ccc(CC2CCCC2=O)cc1.CC(C(=O)O)c1cccc(C(=O)c2ccccc2)c1. The van der Waals surface area contributed by atoms with Gasteiger partial charge in [0.1, 0.15) is 17.7 Å². The number of amides is 2. The second-order valence-electron chi connectivity index (χ2n) is 15.2. The number of morpholine rings is 1. The number of hydrogen-bond donors (Lipinski definition) is 3. The third-order valence-corrected chi connectivity index (χ3v) is 10.9. The Hall–Kier alpha value is -6.41. The quantitative estimate of drug-likeness (QED) is 0.125. The molecule has 13 nitrogen and oxygen atoms in total. The van der Waals surface area contributed by atoms with Crippen LogP contribution in [0.25, 0.3) is 0 Å². The maximum atomic E-state index is 14.4. The van der Waals surface area contributed by atoms with Crippen molar-refractivity contribution in [3.63, 3.8) is 0 Å². The summed E-state index contributed by atoms with van der Waals surface area (Å²) in [6.07, 6.45) is 2.54. The molecule has 0 spiro atoms. The first-order chi connectivity index (χ1) is 29.2. The number of ketones is 2. The number of ether oxygens (including phenoxy) is 2. The Bertz CT molecular complexity index is 2170. The number of carbonyl (C=O) groups is 6. The van der Waals surface area contributed by atoms with Crippen molar-refractivity contribution in [2.24, 2.45) is 5.92 Å². The minimum Gasteiger partial charge on any atom is -0.481 e. The molecule has 4 atom stereocenters. The number of carboxylic acid groups (broad SMARTS) is 2. The van der Waals surface area contributed by atoms with Crippen LogP contribution in [0, 0.1) is 11.7 Å². The summed E-state index contributed by atoms with van der Waals surface area (Å²) in [4.78, 5) is 71.8. The van der Waals surface area contributed by atoms with Crippen molar-refractivity contribution in [1.82, 2.24) is 5.32 Å². The fourth-order valence-electron chi connectivity index (χ4n) is 7.14. The molecule has 3 aliphatic rings. The zero-order valence-electron chi connectivity index (χ0n) is 34.6. The van der Waals surface area contributed by atoms with Crippen LogP contribution >= 0.6 is 0 Å². The van der Waals surface area contributed by atoms with Crippen molar-refractivity contribution in [2.75, 3.05) is 49.2 Å². The van der Waals surface area contributed by atoms with E-state index in [0.717, 1.165) is 36.8 Å². The molecule has 4 aromatic carbocycles. The number of halogens is 1. The number of rotatable bonds is 12. The van der Waals surface area contributed by atoms with Gasteiger partial charge in [0.25, 0.3) is 0 Å². The Morgan fingerprint density at radius 1 is 0.820 bits per heavy atom. The Morgan fingerprint density at radius 2 is 1.48 bits per heavy atom. The summed E-state index contributed by atoms with van der Waals surface area (Å²) >= 11 is 0. The number of benzene rings is 4.